The zero-order valence-electron chi connectivity index (χ0n) is 9.53. The van der Waals surface area contributed by atoms with Gasteiger partial charge in [-0.1, -0.05) is 20.8 Å². The topological polar surface area (TPSA) is 66.0 Å². The van der Waals surface area contributed by atoms with Crippen LogP contribution in [0.3, 0.4) is 0 Å². The SMILES string of the molecule is CC(C)(C)c1ccc2[nH]cc(C(=O)O)c2n1. The van der Waals surface area contributed by atoms with Gasteiger partial charge in [0.1, 0.15) is 11.1 Å². The summed E-state index contributed by atoms with van der Waals surface area (Å²) in [5, 5.41) is 9.01. The van der Waals surface area contributed by atoms with Crippen LogP contribution in [0.5, 0.6) is 0 Å². The minimum Gasteiger partial charge on any atom is -0.478 e. The highest BCUT2D eigenvalue weighted by Gasteiger charge is 2.18. The molecule has 0 atom stereocenters. The Labute approximate surface area is 93.3 Å². The van der Waals surface area contributed by atoms with Crippen LogP contribution in [0, 0.1) is 0 Å². The number of rotatable bonds is 1. The van der Waals surface area contributed by atoms with Gasteiger partial charge >= 0.3 is 5.97 Å². The molecular weight excluding hydrogens is 204 g/mol. The van der Waals surface area contributed by atoms with Crippen LogP contribution < -0.4 is 0 Å². The van der Waals surface area contributed by atoms with Gasteiger partial charge in [0.2, 0.25) is 0 Å². The lowest BCUT2D eigenvalue weighted by Crippen LogP contribution is -2.13. The number of carbonyl (C=O) groups is 1. The average molecular weight is 218 g/mol. The van der Waals surface area contributed by atoms with E-state index in [0.29, 0.717) is 5.52 Å². The lowest BCUT2D eigenvalue weighted by molar-refractivity contribution is 0.0699. The molecule has 0 saturated carbocycles. The van der Waals surface area contributed by atoms with Gasteiger partial charge in [-0.3, -0.25) is 0 Å². The summed E-state index contributed by atoms with van der Waals surface area (Å²) in [6, 6.07) is 3.79. The number of aromatic carboxylic acids is 1. The van der Waals surface area contributed by atoms with E-state index in [0.717, 1.165) is 11.2 Å². The number of fused-ring (bicyclic) bond motifs is 1. The van der Waals surface area contributed by atoms with E-state index in [1.54, 1.807) is 0 Å². The first-order valence-corrected chi connectivity index (χ1v) is 5.11. The fourth-order valence-corrected chi connectivity index (χ4v) is 1.58. The van der Waals surface area contributed by atoms with Crippen molar-refractivity contribution < 1.29 is 9.90 Å². The zero-order valence-corrected chi connectivity index (χ0v) is 9.53. The second-order valence-electron chi connectivity index (χ2n) is 4.85. The number of hydrogen-bond acceptors (Lipinski definition) is 2. The van der Waals surface area contributed by atoms with Crippen molar-refractivity contribution in [3.8, 4) is 0 Å². The van der Waals surface area contributed by atoms with Gasteiger partial charge in [0.05, 0.1) is 5.52 Å². The number of H-pyrrole nitrogens is 1. The molecule has 4 heteroatoms. The standard InChI is InChI=1S/C12H14N2O2/c1-12(2,3)9-5-4-8-10(14-9)7(6-13-8)11(15)16/h4-6,13H,1-3H3,(H,15,16). The molecule has 0 aliphatic heterocycles. The molecule has 2 N–H and O–H groups in total. The van der Waals surface area contributed by atoms with Crippen LogP contribution in [0.1, 0.15) is 36.8 Å². The maximum absolute atomic E-state index is 11.0. The highest BCUT2D eigenvalue weighted by molar-refractivity contribution is 6.01. The first-order chi connectivity index (χ1) is 7.39. The first kappa shape index (κ1) is 10.7. The summed E-state index contributed by atoms with van der Waals surface area (Å²) in [6.07, 6.45) is 1.48. The molecule has 0 aromatic carbocycles. The molecule has 2 aromatic heterocycles. The summed E-state index contributed by atoms with van der Waals surface area (Å²) in [5.41, 5.74) is 2.31. The van der Waals surface area contributed by atoms with E-state index >= 15 is 0 Å². The van der Waals surface area contributed by atoms with Crippen molar-refractivity contribution in [3.05, 3.63) is 29.6 Å². The largest absolute Gasteiger partial charge is 0.478 e. The summed E-state index contributed by atoms with van der Waals surface area (Å²) >= 11 is 0. The molecule has 84 valence electrons. The van der Waals surface area contributed by atoms with Crippen LogP contribution in [-0.2, 0) is 5.41 Å². The lowest BCUT2D eigenvalue weighted by Gasteiger charge is -2.17. The van der Waals surface area contributed by atoms with E-state index in [-0.39, 0.29) is 11.0 Å². The molecule has 0 bridgehead atoms. The number of carboxylic acids is 1. The van der Waals surface area contributed by atoms with Crippen molar-refractivity contribution in [2.24, 2.45) is 0 Å². The third-order valence-corrected chi connectivity index (χ3v) is 2.52. The molecule has 0 amide bonds. The molecule has 2 rings (SSSR count). The fraction of sp³-hybridized carbons (Fsp3) is 0.333. The number of aromatic nitrogens is 2. The summed E-state index contributed by atoms with van der Waals surface area (Å²) in [5.74, 6) is -0.954. The second-order valence-corrected chi connectivity index (χ2v) is 4.85. The Morgan fingerprint density at radius 1 is 1.38 bits per heavy atom. The van der Waals surface area contributed by atoms with Gasteiger partial charge in [0.25, 0.3) is 0 Å². The molecule has 0 fully saturated rings. The van der Waals surface area contributed by atoms with Crippen molar-refractivity contribution in [3.63, 3.8) is 0 Å². The molecule has 2 heterocycles. The number of aromatic amines is 1. The number of hydrogen-bond donors (Lipinski definition) is 2. The quantitative estimate of drug-likeness (QED) is 0.773. The van der Waals surface area contributed by atoms with Crippen molar-refractivity contribution in [1.82, 2.24) is 9.97 Å². The minimum absolute atomic E-state index is 0.0821. The van der Waals surface area contributed by atoms with Crippen LogP contribution >= 0.6 is 0 Å². The predicted octanol–water partition coefficient (Wildman–Crippen LogP) is 2.56. The smallest absolute Gasteiger partial charge is 0.339 e. The molecule has 0 aliphatic rings. The molecule has 0 spiro atoms. The predicted molar refractivity (Wildman–Crippen MR) is 61.8 cm³/mol. The van der Waals surface area contributed by atoms with Gasteiger partial charge in [0, 0.05) is 17.3 Å². The number of carboxylic acid groups (broad SMARTS) is 1. The maximum atomic E-state index is 11.0. The van der Waals surface area contributed by atoms with Gasteiger partial charge in [-0.15, -0.1) is 0 Å². The Bertz CT molecular complexity index is 550. The summed E-state index contributed by atoms with van der Waals surface area (Å²) in [4.78, 5) is 18.3. The van der Waals surface area contributed by atoms with Gasteiger partial charge in [0.15, 0.2) is 0 Å². The average Bonchev–Trinajstić information content (AvgIpc) is 2.58. The molecule has 0 saturated heterocycles. The summed E-state index contributed by atoms with van der Waals surface area (Å²) in [7, 11) is 0. The van der Waals surface area contributed by atoms with Gasteiger partial charge in [-0.25, -0.2) is 9.78 Å². The number of nitrogens with one attached hydrogen (secondary N) is 1. The number of nitrogens with zero attached hydrogens (tertiary/aromatic N) is 1. The van der Waals surface area contributed by atoms with E-state index in [2.05, 4.69) is 9.97 Å². The molecular formula is C12H14N2O2. The summed E-state index contributed by atoms with van der Waals surface area (Å²) < 4.78 is 0. The molecule has 2 aromatic rings. The molecule has 0 aliphatic carbocycles. The Kier molecular flexibility index (Phi) is 2.22. The van der Waals surface area contributed by atoms with Crippen molar-refractivity contribution in [1.29, 1.82) is 0 Å². The second kappa shape index (κ2) is 3.33. The van der Waals surface area contributed by atoms with Crippen molar-refractivity contribution >= 4 is 17.0 Å². The van der Waals surface area contributed by atoms with E-state index in [1.807, 2.05) is 32.9 Å². The Morgan fingerprint density at radius 3 is 2.62 bits per heavy atom. The van der Waals surface area contributed by atoms with Gasteiger partial charge in [-0.05, 0) is 12.1 Å². The Hall–Kier alpha value is -1.84. The van der Waals surface area contributed by atoms with Crippen molar-refractivity contribution in [2.45, 2.75) is 26.2 Å². The third kappa shape index (κ3) is 1.66. The van der Waals surface area contributed by atoms with Crippen molar-refractivity contribution in [2.75, 3.05) is 0 Å². The number of pyridine rings is 1. The molecule has 0 unspecified atom stereocenters. The lowest BCUT2D eigenvalue weighted by atomic mass is 9.91. The molecule has 16 heavy (non-hydrogen) atoms. The van der Waals surface area contributed by atoms with E-state index in [1.165, 1.54) is 6.20 Å². The van der Waals surface area contributed by atoms with Crippen LogP contribution in [0.4, 0.5) is 0 Å². The fourth-order valence-electron chi connectivity index (χ4n) is 1.58. The van der Waals surface area contributed by atoms with E-state index in [4.69, 9.17) is 5.11 Å². The highest BCUT2D eigenvalue weighted by Crippen LogP contribution is 2.24. The zero-order chi connectivity index (χ0) is 11.9. The van der Waals surface area contributed by atoms with Gasteiger partial charge in [-0.2, -0.15) is 0 Å². The van der Waals surface area contributed by atoms with Gasteiger partial charge < -0.3 is 10.1 Å². The molecule has 4 nitrogen and oxygen atoms in total. The highest BCUT2D eigenvalue weighted by atomic mass is 16.4. The first-order valence-electron chi connectivity index (χ1n) is 5.11. The van der Waals surface area contributed by atoms with Crippen LogP contribution in [0.2, 0.25) is 0 Å². The van der Waals surface area contributed by atoms with E-state index in [9.17, 15) is 4.79 Å². The third-order valence-electron chi connectivity index (χ3n) is 2.52. The molecule has 0 radical (unpaired) electrons. The Morgan fingerprint density at radius 2 is 2.06 bits per heavy atom. The Balaban J connectivity index is 2.68. The minimum atomic E-state index is -0.954. The normalized spacial score (nSPS) is 11.9. The van der Waals surface area contributed by atoms with E-state index < -0.39 is 5.97 Å². The van der Waals surface area contributed by atoms with Crippen LogP contribution in [-0.4, -0.2) is 21.0 Å². The monoisotopic (exact) mass is 218 g/mol. The summed E-state index contributed by atoms with van der Waals surface area (Å²) in [6.45, 7) is 6.15. The maximum Gasteiger partial charge on any atom is 0.339 e. The van der Waals surface area contributed by atoms with Crippen LogP contribution in [0.15, 0.2) is 18.3 Å². The van der Waals surface area contributed by atoms with Crippen LogP contribution in [0.25, 0.3) is 11.0 Å².